The van der Waals surface area contributed by atoms with Gasteiger partial charge < -0.3 is 10.6 Å². The molecule has 3 nitrogen and oxygen atoms in total. The van der Waals surface area contributed by atoms with Gasteiger partial charge in [-0.05, 0) is 68.7 Å². The van der Waals surface area contributed by atoms with Crippen molar-refractivity contribution >= 4 is 18.3 Å². The van der Waals surface area contributed by atoms with E-state index in [1.54, 1.807) is 0 Å². The molecule has 2 fully saturated rings. The Balaban J connectivity index is 0.00000192. The molecule has 2 N–H and O–H groups in total. The number of nitrogens with zero attached hydrogens (tertiary/aromatic N) is 1. The number of likely N-dealkylation sites (tertiary alicyclic amines) is 1. The molecule has 1 aromatic carbocycles. The van der Waals surface area contributed by atoms with E-state index in [0.29, 0.717) is 18.4 Å². The van der Waals surface area contributed by atoms with Crippen LogP contribution in [0.25, 0.3) is 0 Å². The topological polar surface area (TPSA) is 46.3 Å². The molecule has 23 heavy (non-hydrogen) atoms. The Morgan fingerprint density at radius 3 is 2.65 bits per heavy atom. The molecular formula is C19H29ClN2O. The molecule has 4 heteroatoms. The summed E-state index contributed by atoms with van der Waals surface area (Å²) in [5.74, 6) is 0.916. The number of aryl methyl sites for hydroxylation is 2. The fourth-order valence-corrected chi connectivity index (χ4v) is 4.21. The van der Waals surface area contributed by atoms with Crippen molar-refractivity contribution in [3.63, 3.8) is 0 Å². The third kappa shape index (κ3) is 3.56. The van der Waals surface area contributed by atoms with E-state index >= 15 is 0 Å². The van der Waals surface area contributed by atoms with Crippen molar-refractivity contribution in [1.29, 1.82) is 0 Å². The molecule has 0 aromatic heterocycles. The number of carbonyl (C=O) groups is 1. The Bertz CT molecular complexity index is 560. The van der Waals surface area contributed by atoms with Gasteiger partial charge in [0.15, 0.2) is 0 Å². The Hall–Kier alpha value is -1.06. The first-order valence-electron chi connectivity index (χ1n) is 8.69. The van der Waals surface area contributed by atoms with Crippen LogP contribution in [0.3, 0.4) is 0 Å². The van der Waals surface area contributed by atoms with Gasteiger partial charge in [0.05, 0.1) is 6.04 Å². The number of carbonyl (C=O) groups excluding carboxylic acids is 1. The zero-order chi connectivity index (χ0) is 15.7. The summed E-state index contributed by atoms with van der Waals surface area (Å²) in [4.78, 5) is 15.2. The molecule has 0 radical (unpaired) electrons. The Kier molecular flexibility index (Phi) is 6.10. The molecule has 2 aliphatic rings. The van der Waals surface area contributed by atoms with Crippen molar-refractivity contribution < 1.29 is 4.79 Å². The van der Waals surface area contributed by atoms with Gasteiger partial charge >= 0.3 is 0 Å². The molecule has 1 aromatic rings. The standard InChI is InChI=1S/C19H28N2O.ClH/c1-13-8-9-15(11-14(13)2)18-7-4-10-21(18)19(22)17-6-3-5-16(17)12-20;/h8-9,11,16-18H,3-7,10,12,20H2,1-2H3;1H/t16-,17-,18?;/m1./s1. The molecule has 3 rings (SSSR count). The number of amides is 1. The summed E-state index contributed by atoms with van der Waals surface area (Å²) >= 11 is 0. The zero-order valence-electron chi connectivity index (χ0n) is 14.3. The van der Waals surface area contributed by atoms with E-state index in [2.05, 4.69) is 36.9 Å². The van der Waals surface area contributed by atoms with E-state index in [1.807, 2.05) is 0 Å². The van der Waals surface area contributed by atoms with Crippen molar-refractivity contribution in [1.82, 2.24) is 4.90 Å². The van der Waals surface area contributed by atoms with Crippen LogP contribution >= 0.6 is 12.4 Å². The van der Waals surface area contributed by atoms with Crippen molar-refractivity contribution in [2.45, 2.75) is 52.0 Å². The highest BCUT2D eigenvalue weighted by molar-refractivity contribution is 5.85. The smallest absolute Gasteiger partial charge is 0.226 e. The minimum Gasteiger partial charge on any atom is -0.335 e. The molecule has 1 aliphatic carbocycles. The number of benzene rings is 1. The molecule has 1 heterocycles. The quantitative estimate of drug-likeness (QED) is 0.913. The van der Waals surface area contributed by atoms with Crippen LogP contribution in [0.1, 0.15) is 54.8 Å². The molecule has 0 bridgehead atoms. The fourth-order valence-electron chi connectivity index (χ4n) is 4.21. The van der Waals surface area contributed by atoms with E-state index in [1.165, 1.54) is 16.7 Å². The Morgan fingerprint density at radius 2 is 1.96 bits per heavy atom. The van der Waals surface area contributed by atoms with Gasteiger partial charge in [0.25, 0.3) is 0 Å². The van der Waals surface area contributed by atoms with Gasteiger partial charge in [-0.15, -0.1) is 12.4 Å². The van der Waals surface area contributed by atoms with E-state index in [4.69, 9.17) is 5.73 Å². The molecular weight excluding hydrogens is 308 g/mol. The second-order valence-corrected chi connectivity index (χ2v) is 7.07. The largest absolute Gasteiger partial charge is 0.335 e. The van der Waals surface area contributed by atoms with Crippen LogP contribution in [-0.2, 0) is 4.79 Å². The first-order valence-corrected chi connectivity index (χ1v) is 8.69. The molecule has 1 saturated carbocycles. The second-order valence-electron chi connectivity index (χ2n) is 7.07. The van der Waals surface area contributed by atoms with Crippen molar-refractivity contribution in [2.24, 2.45) is 17.6 Å². The van der Waals surface area contributed by atoms with Gasteiger partial charge in [-0.3, -0.25) is 4.79 Å². The summed E-state index contributed by atoms with van der Waals surface area (Å²) in [6.07, 6.45) is 5.50. The summed E-state index contributed by atoms with van der Waals surface area (Å²) in [7, 11) is 0. The number of nitrogens with two attached hydrogens (primary N) is 1. The van der Waals surface area contributed by atoms with Crippen LogP contribution in [-0.4, -0.2) is 23.9 Å². The minimum atomic E-state index is 0. The van der Waals surface area contributed by atoms with E-state index < -0.39 is 0 Å². The van der Waals surface area contributed by atoms with E-state index in [9.17, 15) is 4.79 Å². The monoisotopic (exact) mass is 336 g/mol. The lowest BCUT2D eigenvalue weighted by Gasteiger charge is -2.30. The number of hydrogen-bond acceptors (Lipinski definition) is 2. The van der Waals surface area contributed by atoms with E-state index in [-0.39, 0.29) is 24.4 Å². The third-order valence-corrected chi connectivity index (χ3v) is 5.73. The van der Waals surface area contributed by atoms with Gasteiger partial charge in [-0.25, -0.2) is 0 Å². The van der Waals surface area contributed by atoms with Crippen molar-refractivity contribution in [3.8, 4) is 0 Å². The Labute approximate surface area is 146 Å². The first kappa shape index (κ1) is 18.3. The summed E-state index contributed by atoms with van der Waals surface area (Å²) in [6.45, 7) is 5.85. The SMILES string of the molecule is Cc1ccc(C2CCCN2C(=O)[C@@H]2CCC[C@@H]2CN)cc1C.Cl. The zero-order valence-corrected chi connectivity index (χ0v) is 15.1. The highest BCUT2D eigenvalue weighted by atomic mass is 35.5. The van der Waals surface area contributed by atoms with Crippen LogP contribution in [0.5, 0.6) is 0 Å². The number of hydrogen-bond donors (Lipinski definition) is 1. The predicted octanol–water partition coefficient (Wildman–Crippen LogP) is 3.76. The summed E-state index contributed by atoms with van der Waals surface area (Å²) < 4.78 is 0. The molecule has 1 saturated heterocycles. The highest BCUT2D eigenvalue weighted by Crippen LogP contribution is 2.38. The number of halogens is 1. The molecule has 1 unspecified atom stereocenters. The lowest BCUT2D eigenvalue weighted by Crippen LogP contribution is -2.38. The maximum atomic E-state index is 13.0. The Morgan fingerprint density at radius 1 is 1.17 bits per heavy atom. The minimum absolute atomic E-state index is 0. The van der Waals surface area contributed by atoms with Gasteiger partial charge in [-0.1, -0.05) is 24.6 Å². The predicted molar refractivity (Wildman–Crippen MR) is 96.7 cm³/mol. The van der Waals surface area contributed by atoms with Crippen molar-refractivity contribution in [2.75, 3.05) is 13.1 Å². The van der Waals surface area contributed by atoms with Crippen LogP contribution in [0.4, 0.5) is 0 Å². The molecule has 1 aliphatic heterocycles. The maximum absolute atomic E-state index is 13.0. The van der Waals surface area contributed by atoms with Gasteiger partial charge in [0.1, 0.15) is 0 Å². The summed E-state index contributed by atoms with van der Waals surface area (Å²) in [5.41, 5.74) is 9.81. The second kappa shape index (κ2) is 7.67. The van der Waals surface area contributed by atoms with Crippen LogP contribution in [0.2, 0.25) is 0 Å². The lowest BCUT2D eigenvalue weighted by atomic mass is 9.93. The fraction of sp³-hybridized carbons (Fsp3) is 0.632. The summed E-state index contributed by atoms with van der Waals surface area (Å²) in [6, 6.07) is 6.92. The molecule has 3 atom stereocenters. The van der Waals surface area contributed by atoms with Gasteiger partial charge in [-0.2, -0.15) is 0 Å². The third-order valence-electron chi connectivity index (χ3n) is 5.73. The number of rotatable bonds is 3. The average Bonchev–Trinajstić information content (AvgIpc) is 3.17. The average molecular weight is 337 g/mol. The normalized spacial score (nSPS) is 27.1. The van der Waals surface area contributed by atoms with Gasteiger partial charge in [0.2, 0.25) is 5.91 Å². The highest BCUT2D eigenvalue weighted by Gasteiger charge is 2.39. The summed E-state index contributed by atoms with van der Waals surface area (Å²) in [5, 5.41) is 0. The molecule has 0 spiro atoms. The first-order chi connectivity index (χ1) is 10.6. The van der Waals surface area contributed by atoms with Crippen LogP contribution in [0.15, 0.2) is 18.2 Å². The maximum Gasteiger partial charge on any atom is 0.226 e. The molecule has 128 valence electrons. The van der Waals surface area contributed by atoms with Crippen molar-refractivity contribution in [3.05, 3.63) is 34.9 Å². The van der Waals surface area contributed by atoms with E-state index in [0.717, 1.165) is 38.6 Å². The lowest BCUT2D eigenvalue weighted by molar-refractivity contribution is -0.137. The van der Waals surface area contributed by atoms with Crippen LogP contribution in [0, 0.1) is 25.7 Å². The van der Waals surface area contributed by atoms with Crippen LogP contribution < -0.4 is 5.73 Å². The van der Waals surface area contributed by atoms with Gasteiger partial charge in [0, 0.05) is 12.5 Å². The molecule has 1 amide bonds.